The summed E-state index contributed by atoms with van der Waals surface area (Å²) in [6.45, 7) is 9.46. The second kappa shape index (κ2) is 5.02. The van der Waals surface area contributed by atoms with Crippen LogP contribution in [0.5, 0.6) is 0 Å². The molecule has 0 bridgehead atoms. The van der Waals surface area contributed by atoms with Gasteiger partial charge in [0, 0.05) is 60.8 Å². The molecule has 0 unspecified atom stereocenters. The molecule has 3 heterocycles. The van der Waals surface area contributed by atoms with E-state index in [1.807, 2.05) is 18.5 Å². The minimum Gasteiger partial charge on any atom is -0.364 e. The molecule has 2 aromatic rings. The van der Waals surface area contributed by atoms with E-state index in [0.717, 1.165) is 31.9 Å². The van der Waals surface area contributed by atoms with E-state index in [1.165, 1.54) is 17.0 Å². The average molecular weight is 270 g/mol. The Kier molecular flexibility index (Phi) is 3.34. The molecule has 0 radical (unpaired) electrons. The van der Waals surface area contributed by atoms with Crippen LogP contribution in [0.2, 0.25) is 0 Å². The number of aromatic amines is 1. The van der Waals surface area contributed by atoms with Gasteiger partial charge in [0.2, 0.25) is 0 Å². The molecule has 0 saturated heterocycles. The fraction of sp³-hybridized carbons (Fsp3) is 0.500. The Morgan fingerprint density at radius 3 is 2.90 bits per heavy atom. The third kappa shape index (κ3) is 2.75. The largest absolute Gasteiger partial charge is 0.364 e. The predicted molar refractivity (Wildman–Crippen MR) is 79.3 cm³/mol. The highest BCUT2D eigenvalue weighted by molar-refractivity contribution is 5.22. The summed E-state index contributed by atoms with van der Waals surface area (Å²) in [5.74, 6) is 0.953. The molecule has 0 spiro atoms. The number of fused-ring (bicyclic) bond motifs is 1. The second-order valence-corrected chi connectivity index (χ2v) is 6.57. The van der Waals surface area contributed by atoms with E-state index in [0.29, 0.717) is 0 Å². The monoisotopic (exact) mass is 270 g/mol. The Balaban J connectivity index is 1.75. The quantitative estimate of drug-likeness (QED) is 0.912. The highest BCUT2D eigenvalue weighted by atomic mass is 15.1. The van der Waals surface area contributed by atoms with Crippen molar-refractivity contribution >= 4 is 0 Å². The van der Waals surface area contributed by atoms with Gasteiger partial charge < -0.3 is 4.98 Å². The van der Waals surface area contributed by atoms with Gasteiger partial charge in [0.25, 0.3) is 0 Å². The van der Waals surface area contributed by atoms with Crippen molar-refractivity contribution in [3.63, 3.8) is 0 Å². The zero-order chi connectivity index (χ0) is 14.2. The van der Waals surface area contributed by atoms with Gasteiger partial charge in [-0.25, -0.2) is 9.97 Å². The molecule has 3 rings (SSSR count). The van der Waals surface area contributed by atoms with E-state index in [1.54, 1.807) is 0 Å². The van der Waals surface area contributed by atoms with Gasteiger partial charge in [0.1, 0.15) is 5.82 Å². The van der Waals surface area contributed by atoms with Crippen molar-refractivity contribution in [2.45, 2.75) is 45.7 Å². The molecular weight excluding hydrogens is 248 g/mol. The smallest absolute Gasteiger partial charge is 0.133 e. The molecule has 0 atom stereocenters. The zero-order valence-electron chi connectivity index (χ0n) is 12.5. The first-order chi connectivity index (χ1) is 9.52. The predicted octanol–water partition coefficient (Wildman–Crippen LogP) is 2.66. The van der Waals surface area contributed by atoms with Crippen LogP contribution in [0.15, 0.2) is 24.5 Å². The lowest BCUT2D eigenvalue weighted by molar-refractivity contribution is 0.239. The highest BCUT2D eigenvalue weighted by Crippen LogP contribution is 2.23. The van der Waals surface area contributed by atoms with Gasteiger partial charge in [-0.1, -0.05) is 20.8 Å². The maximum absolute atomic E-state index is 4.77. The van der Waals surface area contributed by atoms with E-state index in [4.69, 9.17) is 4.98 Å². The standard InChI is InChI=1S/C16H22N4/c1-16(2,3)15-18-9-12-10-20(8-6-14(12)19-15)11-13-5-4-7-17-13/h4-5,7,9,17H,6,8,10-11H2,1-3H3. The number of rotatable bonds is 2. The normalized spacial score (nSPS) is 16.1. The van der Waals surface area contributed by atoms with Crippen molar-refractivity contribution in [1.29, 1.82) is 0 Å². The van der Waals surface area contributed by atoms with Gasteiger partial charge in [-0.15, -0.1) is 0 Å². The van der Waals surface area contributed by atoms with Crippen LogP contribution in [0, 0.1) is 0 Å². The van der Waals surface area contributed by atoms with Gasteiger partial charge in [-0.05, 0) is 12.1 Å². The van der Waals surface area contributed by atoms with Crippen LogP contribution in [0.25, 0.3) is 0 Å². The van der Waals surface area contributed by atoms with Crippen LogP contribution >= 0.6 is 0 Å². The summed E-state index contributed by atoms with van der Waals surface area (Å²) in [5, 5.41) is 0. The average Bonchev–Trinajstić information content (AvgIpc) is 2.90. The fourth-order valence-corrected chi connectivity index (χ4v) is 2.58. The van der Waals surface area contributed by atoms with Crippen LogP contribution in [0.1, 0.15) is 43.5 Å². The van der Waals surface area contributed by atoms with Crippen molar-refractivity contribution in [3.05, 3.63) is 47.3 Å². The number of aromatic nitrogens is 3. The third-order valence-electron chi connectivity index (χ3n) is 3.74. The van der Waals surface area contributed by atoms with E-state index < -0.39 is 0 Å². The van der Waals surface area contributed by atoms with Crippen molar-refractivity contribution in [2.75, 3.05) is 6.54 Å². The lowest BCUT2D eigenvalue weighted by Gasteiger charge is -2.28. The fourth-order valence-electron chi connectivity index (χ4n) is 2.58. The molecule has 106 valence electrons. The minimum absolute atomic E-state index is 0.0242. The molecule has 0 fully saturated rings. The Labute approximate surface area is 120 Å². The molecule has 0 amide bonds. The summed E-state index contributed by atoms with van der Waals surface area (Å²) < 4.78 is 0. The van der Waals surface area contributed by atoms with Gasteiger partial charge >= 0.3 is 0 Å². The van der Waals surface area contributed by atoms with Gasteiger partial charge in [-0.3, -0.25) is 4.90 Å². The number of nitrogens with zero attached hydrogens (tertiary/aromatic N) is 3. The summed E-state index contributed by atoms with van der Waals surface area (Å²) >= 11 is 0. The van der Waals surface area contributed by atoms with Crippen molar-refractivity contribution in [1.82, 2.24) is 19.9 Å². The van der Waals surface area contributed by atoms with Crippen molar-refractivity contribution < 1.29 is 0 Å². The van der Waals surface area contributed by atoms with E-state index in [-0.39, 0.29) is 5.41 Å². The van der Waals surface area contributed by atoms with Crippen LogP contribution < -0.4 is 0 Å². The molecule has 0 aromatic carbocycles. The number of nitrogens with one attached hydrogen (secondary N) is 1. The summed E-state index contributed by atoms with van der Waals surface area (Å²) in [5.41, 5.74) is 3.79. The number of hydrogen-bond donors (Lipinski definition) is 1. The maximum atomic E-state index is 4.77. The minimum atomic E-state index is 0.0242. The Bertz CT molecular complexity index is 581. The molecule has 2 aromatic heterocycles. The summed E-state index contributed by atoms with van der Waals surface area (Å²) in [7, 11) is 0. The summed E-state index contributed by atoms with van der Waals surface area (Å²) in [4.78, 5) is 15.0. The molecule has 1 N–H and O–H groups in total. The summed E-state index contributed by atoms with van der Waals surface area (Å²) in [6, 6.07) is 4.18. The first-order valence-electron chi connectivity index (χ1n) is 7.22. The molecular formula is C16H22N4. The SMILES string of the molecule is CC(C)(C)c1ncc2c(n1)CCN(Cc1ccc[nH]1)C2. The molecule has 1 aliphatic rings. The Morgan fingerprint density at radius 2 is 2.20 bits per heavy atom. The first kappa shape index (κ1) is 13.3. The molecule has 20 heavy (non-hydrogen) atoms. The highest BCUT2D eigenvalue weighted by Gasteiger charge is 2.22. The lowest BCUT2D eigenvalue weighted by Crippen LogP contribution is -2.32. The number of hydrogen-bond acceptors (Lipinski definition) is 3. The topological polar surface area (TPSA) is 44.8 Å². The van der Waals surface area contributed by atoms with E-state index in [2.05, 4.69) is 41.7 Å². The van der Waals surface area contributed by atoms with Gasteiger partial charge in [0.15, 0.2) is 0 Å². The van der Waals surface area contributed by atoms with E-state index in [9.17, 15) is 0 Å². The van der Waals surface area contributed by atoms with Crippen LogP contribution in [0.3, 0.4) is 0 Å². The molecule has 0 saturated carbocycles. The van der Waals surface area contributed by atoms with Crippen LogP contribution in [0.4, 0.5) is 0 Å². The first-order valence-corrected chi connectivity index (χ1v) is 7.22. The lowest BCUT2D eigenvalue weighted by atomic mass is 9.95. The second-order valence-electron chi connectivity index (χ2n) is 6.57. The third-order valence-corrected chi connectivity index (χ3v) is 3.74. The molecule has 0 aliphatic carbocycles. The molecule has 1 aliphatic heterocycles. The van der Waals surface area contributed by atoms with Crippen LogP contribution in [-0.4, -0.2) is 26.4 Å². The van der Waals surface area contributed by atoms with Crippen molar-refractivity contribution in [2.24, 2.45) is 0 Å². The van der Waals surface area contributed by atoms with Crippen LogP contribution in [-0.2, 0) is 24.9 Å². The number of H-pyrrole nitrogens is 1. The summed E-state index contributed by atoms with van der Waals surface area (Å²) in [6.07, 6.45) is 5.01. The molecule has 4 heteroatoms. The van der Waals surface area contributed by atoms with Crippen molar-refractivity contribution in [3.8, 4) is 0 Å². The van der Waals surface area contributed by atoms with Gasteiger partial charge in [-0.2, -0.15) is 0 Å². The maximum Gasteiger partial charge on any atom is 0.133 e. The molecule has 4 nitrogen and oxygen atoms in total. The van der Waals surface area contributed by atoms with Gasteiger partial charge in [0.05, 0.1) is 0 Å². The zero-order valence-corrected chi connectivity index (χ0v) is 12.5. The Hall–Kier alpha value is -1.68. The van der Waals surface area contributed by atoms with E-state index >= 15 is 0 Å². The Morgan fingerprint density at radius 1 is 1.35 bits per heavy atom.